The van der Waals surface area contributed by atoms with Crippen LogP contribution in [0.25, 0.3) is 11.0 Å². The van der Waals surface area contributed by atoms with Crippen molar-refractivity contribution in [2.75, 3.05) is 6.54 Å². The van der Waals surface area contributed by atoms with Gasteiger partial charge in [0.15, 0.2) is 0 Å². The molecule has 0 amide bonds. The average Bonchev–Trinajstić information content (AvgIpc) is 3.08. The van der Waals surface area contributed by atoms with E-state index in [1.54, 1.807) is 12.4 Å². The largest absolute Gasteiger partial charge is 0.336 e. The van der Waals surface area contributed by atoms with Crippen LogP contribution in [0.15, 0.2) is 34.2 Å². The zero-order chi connectivity index (χ0) is 16.2. The fraction of sp³-hybridized carbons (Fsp3) is 0.286. The highest BCUT2D eigenvalue weighted by molar-refractivity contribution is 7.89. The lowest BCUT2D eigenvalue weighted by Crippen LogP contribution is -2.36. The SMILES string of the molecule is Cn1cnc2c1CN(S(=O)(=O)c1ccc3[nH]c(=O)[nH]c3c1)CC2. The Labute approximate surface area is 131 Å². The Morgan fingerprint density at radius 3 is 2.83 bits per heavy atom. The van der Waals surface area contributed by atoms with E-state index in [0.29, 0.717) is 30.5 Å². The quantitative estimate of drug-likeness (QED) is 0.705. The van der Waals surface area contributed by atoms with Crippen molar-refractivity contribution < 1.29 is 8.42 Å². The van der Waals surface area contributed by atoms with Crippen molar-refractivity contribution in [3.8, 4) is 0 Å². The second-order valence-corrected chi connectivity index (χ2v) is 7.56. The highest BCUT2D eigenvalue weighted by atomic mass is 32.2. The Morgan fingerprint density at radius 1 is 1.22 bits per heavy atom. The monoisotopic (exact) mass is 333 g/mol. The van der Waals surface area contributed by atoms with Crippen LogP contribution >= 0.6 is 0 Å². The number of hydrogen-bond donors (Lipinski definition) is 2. The van der Waals surface area contributed by atoms with Crippen molar-refractivity contribution >= 4 is 21.1 Å². The Kier molecular flexibility index (Phi) is 2.97. The Balaban J connectivity index is 1.74. The molecule has 3 aromatic rings. The van der Waals surface area contributed by atoms with Crippen LogP contribution in [-0.2, 0) is 30.0 Å². The summed E-state index contributed by atoms with van der Waals surface area (Å²) in [6.45, 7) is 0.698. The highest BCUT2D eigenvalue weighted by Gasteiger charge is 2.30. The first kappa shape index (κ1) is 14.2. The van der Waals surface area contributed by atoms with Crippen LogP contribution < -0.4 is 5.69 Å². The Morgan fingerprint density at radius 2 is 2.00 bits per heavy atom. The van der Waals surface area contributed by atoms with Gasteiger partial charge >= 0.3 is 5.69 Å². The summed E-state index contributed by atoms with van der Waals surface area (Å²) in [7, 11) is -1.77. The molecule has 1 aromatic carbocycles. The second-order valence-electron chi connectivity index (χ2n) is 5.62. The molecule has 1 aliphatic rings. The van der Waals surface area contributed by atoms with E-state index >= 15 is 0 Å². The van der Waals surface area contributed by atoms with Gasteiger partial charge in [-0.25, -0.2) is 18.2 Å². The van der Waals surface area contributed by atoms with Crippen molar-refractivity contribution in [3.63, 3.8) is 0 Å². The fourth-order valence-corrected chi connectivity index (χ4v) is 4.35. The van der Waals surface area contributed by atoms with E-state index in [-0.39, 0.29) is 10.6 Å². The minimum Gasteiger partial charge on any atom is -0.336 e. The predicted octanol–water partition coefficient (Wildman–Crippen LogP) is 0.337. The van der Waals surface area contributed by atoms with Gasteiger partial charge in [0.1, 0.15) is 0 Å². The van der Waals surface area contributed by atoms with Gasteiger partial charge in [0.05, 0.1) is 40.2 Å². The van der Waals surface area contributed by atoms with Gasteiger partial charge in [-0.15, -0.1) is 0 Å². The van der Waals surface area contributed by atoms with E-state index < -0.39 is 10.0 Å². The third-order valence-electron chi connectivity index (χ3n) is 4.19. The third kappa shape index (κ3) is 2.20. The van der Waals surface area contributed by atoms with Crippen LogP contribution in [0.2, 0.25) is 0 Å². The van der Waals surface area contributed by atoms with Crippen LogP contribution in [0.5, 0.6) is 0 Å². The summed E-state index contributed by atoms with van der Waals surface area (Å²) >= 11 is 0. The molecule has 0 atom stereocenters. The summed E-state index contributed by atoms with van der Waals surface area (Å²) in [5.41, 5.74) is 2.57. The summed E-state index contributed by atoms with van der Waals surface area (Å²) in [6.07, 6.45) is 2.30. The lowest BCUT2D eigenvalue weighted by Gasteiger charge is -2.26. The summed E-state index contributed by atoms with van der Waals surface area (Å²) < 4.78 is 29.0. The van der Waals surface area contributed by atoms with Crippen molar-refractivity contribution in [2.45, 2.75) is 17.9 Å². The van der Waals surface area contributed by atoms with Gasteiger partial charge in [-0.3, -0.25) is 0 Å². The normalized spacial score (nSPS) is 15.9. The number of sulfonamides is 1. The van der Waals surface area contributed by atoms with Crippen LogP contribution in [0.3, 0.4) is 0 Å². The molecule has 120 valence electrons. The molecule has 0 unspecified atom stereocenters. The number of imidazole rings is 2. The van der Waals surface area contributed by atoms with Gasteiger partial charge in [0.2, 0.25) is 10.0 Å². The molecule has 2 N–H and O–H groups in total. The molecule has 0 fully saturated rings. The third-order valence-corrected chi connectivity index (χ3v) is 6.04. The van der Waals surface area contributed by atoms with Gasteiger partial charge in [-0.2, -0.15) is 4.31 Å². The van der Waals surface area contributed by atoms with Crippen molar-refractivity contribution in [1.82, 2.24) is 23.8 Å². The number of hydrogen-bond acceptors (Lipinski definition) is 4. The number of nitrogens with one attached hydrogen (secondary N) is 2. The maximum absolute atomic E-state index is 12.9. The minimum absolute atomic E-state index is 0.172. The van der Waals surface area contributed by atoms with Crippen molar-refractivity contribution in [2.24, 2.45) is 7.05 Å². The smallest absolute Gasteiger partial charge is 0.323 e. The van der Waals surface area contributed by atoms with Crippen LogP contribution in [0.4, 0.5) is 0 Å². The number of aromatic nitrogens is 4. The van der Waals surface area contributed by atoms with E-state index in [1.807, 2.05) is 11.6 Å². The van der Waals surface area contributed by atoms with Gasteiger partial charge in [0, 0.05) is 20.0 Å². The van der Waals surface area contributed by atoms with Crippen molar-refractivity contribution in [1.29, 1.82) is 0 Å². The van der Waals surface area contributed by atoms with Gasteiger partial charge in [-0.05, 0) is 18.2 Å². The molecular weight excluding hydrogens is 318 g/mol. The molecule has 0 spiro atoms. The van der Waals surface area contributed by atoms with Crippen LogP contribution in [0.1, 0.15) is 11.4 Å². The topological polar surface area (TPSA) is 104 Å². The molecule has 23 heavy (non-hydrogen) atoms. The zero-order valence-electron chi connectivity index (χ0n) is 12.4. The molecule has 4 rings (SSSR count). The zero-order valence-corrected chi connectivity index (χ0v) is 13.2. The van der Waals surface area contributed by atoms with E-state index in [4.69, 9.17) is 0 Å². The van der Waals surface area contributed by atoms with Gasteiger partial charge < -0.3 is 14.5 Å². The maximum atomic E-state index is 12.9. The first-order valence-electron chi connectivity index (χ1n) is 7.16. The van der Waals surface area contributed by atoms with Gasteiger partial charge in [0.25, 0.3) is 0 Å². The average molecular weight is 333 g/mol. The lowest BCUT2D eigenvalue weighted by atomic mass is 10.2. The molecule has 0 aliphatic carbocycles. The Hall–Kier alpha value is -2.39. The fourth-order valence-electron chi connectivity index (χ4n) is 2.92. The number of aromatic amines is 2. The molecule has 9 heteroatoms. The number of nitrogens with zero attached hydrogens (tertiary/aromatic N) is 3. The van der Waals surface area contributed by atoms with Crippen LogP contribution in [-0.4, -0.2) is 38.8 Å². The van der Waals surface area contributed by atoms with E-state index in [9.17, 15) is 13.2 Å². The minimum atomic E-state index is -3.63. The summed E-state index contributed by atoms with van der Waals surface area (Å²) in [5, 5.41) is 0. The number of benzene rings is 1. The second kappa shape index (κ2) is 4.80. The molecule has 0 saturated carbocycles. The standard InChI is InChI=1S/C14H15N5O3S/c1-18-8-15-11-4-5-19(7-13(11)18)23(21,22)9-2-3-10-12(6-9)17-14(20)16-10/h2-3,6,8H,4-5,7H2,1H3,(H2,16,17,20). The molecule has 0 saturated heterocycles. The molecular formula is C14H15N5O3S. The number of fused-ring (bicyclic) bond motifs is 2. The van der Waals surface area contributed by atoms with Crippen molar-refractivity contribution in [3.05, 3.63) is 46.4 Å². The molecule has 1 aliphatic heterocycles. The summed E-state index contributed by atoms with van der Waals surface area (Å²) in [5.74, 6) is 0. The van der Waals surface area contributed by atoms with Crippen LogP contribution in [0, 0.1) is 0 Å². The molecule has 3 heterocycles. The molecule has 0 bridgehead atoms. The summed E-state index contributed by atoms with van der Waals surface area (Å²) in [4.78, 5) is 21.0. The number of rotatable bonds is 2. The first-order chi connectivity index (χ1) is 10.9. The lowest BCUT2D eigenvalue weighted by molar-refractivity contribution is 0.380. The Bertz CT molecular complexity index is 1060. The highest BCUT2D eigenvalue weighted by Crippen LogP contribution is 2.25. The van der Waals surface area contributed by atoms with Gasteiger partial charge in [-0.1, -0.05) is 0 Å². The molecule has 2 aromatic heterocycles. The maximum Gasteiger partial charge on any atom is 0.323 e. The number of aryl methyl sites for hydroxylation is 1. The van der Waals surface area contributed by atoms with E-state index in [2.05, 4.69) is 15.0 Å². The number of H-pyrrole nitrogens is 2. The first-order valence-corrected chi connectivity index (χ1v) is 8.60. The molecule has 8 nitrogen and oxygen atoms in total. The van der Waals surface area contributed by atoms with E-state index in [0.717, 1.165) is 11.4 Å². The summed E-state index contributed by atoms with van der Waals surface area (Å²) in [6, 6.07) is 4.60. The molecule has 0 radical (unpaired) electrons. The van der Waals surface area contributed by atoms with E-state index in [1.165, 1.54) is 16.4 Å². The predicted molar refractivity (Wildman–Crippen MR) is 83.4 cm³/mol.